The van der Waals surface area contributed by atoms with Crippen LogP contribution in [0.3, 0.4) is 0 Å². The summed E-state index contributed by atoms with van der Waals surface area (Å²) in [4.78, 5) is 26.0. The summed E-state index contributed by atoms with van der Waals surface area (Å²) < 4.78 is 10.6. The molecule has 2 aromatic rings. The lowest BCUT2D eigenvalue weighted by Crippen LogP contribution is -2.42. The van der Waals surface area contributed by atoms with Gasteiger partial charge < -0.3 is 19.7 Å². The van der Waals surface area contributed by atoms with Crippen LogP contribution < -0.4 is 19.7 Å². The van der Waals surface area contributed by atoms with E-state index in [1.54, 1.807) is 18.2 Å². The Hall–Kier alpha value is -3.02. The quantitative estimate of drug-likeness (QED) is 0.920. The molecule has 0 spiro atoms. The van der Waals surface area contributed by atoms with Crippen molar-refractivity contribution in [2.75, 3.05) is 23.6 Å². The standard InChI is InChI=1S/C17H14N2O4/c20-16-9-19(13-4-2-1-3-12(13)18-16)17(21)8-11-5-6-14-15(7-11)23-10-22-14/h1-7H,8-10H2,(H,18,20). The molecule has 4 rings (SSSR count). The van der Waals surface area contributed by atoms with Crippen molar-refractivity contribution in [3.05, 3.63) is 48.0 Å². The van der Waals surface area contributed by atoms with Gasteiger partial charge in [0.1, 0.15) is 6.54 Å². The van der Waals surface area contributed by atoms with Crippen molar-refractivity contribution in [3.8, 4) is 11.5 Å². The fourth-order valence-electron chi connectivity index (χ4n) is 2.78. The van der Waals surface area contributed by atoms with E-state index in [1.807, 2.05) is 24.3 Å². The molecule has 2 amide bonds. The first-order valence-electron chi connectivity index (χ1n) is 7.28. The lowest BCUT2D eigenvalue weighted by atomic mass is 10.1. The number of hydrogen-bond donors (Lipinski definition) is 1. The highest BCUT2D eigenvalue weighted by Gasteiger charge is 2.26. The van der Waals surface area contributed by atoms with Gasteiger partial charge in [0.25, 0.3) is 0 Å². The first kappa shape index (κ1) is 13.6. The number of amides is 2. The van der Waals surface area contributed by atoms with E-state index in [0.717, 1.165) is 11.3 Å². The monoisotopic (exact) mass is 310 g/mol. The molecule has 0 aromatic heterocycles. The Bertz CT molecular complexity index is 803. The molecule has 23 heavy (non-hydrogen) atoms. The summed E-state index contributed by atoms with van der Waals surface area (Å²) >= 11 is 0. The van der Waals surface area contributed by atoms with Gasteiger partial charge in [-0.05, 0) is 29.8 Å². The van der Waals surface area contributed by atoms with Crippen LogP contribution in [0.1, 0.15) is 5.56 Å². The molecule has 2 heterocycles. The zero-order valence-corrected chi connectivity index (χ0v) is 12.2. The first-order valence-corrected chi connectivity index (χ1v) is 7.28. The maximum atomic E-state index is 12.6. The molecule has 1 N–H and O–H groups in total. The summed E-state index contributed by atoms with van der Waals surface area (Å²) in [5.74, 6) is 1.00. The van der Waals surface area contributed by atoms with Crippen molar-refractivity contribution >= 4 is 23.2 Å². The zero-order chi connectivity index (χ0) is 15.8. The number of anilines is 2. The normalized spacial score (nSPS) is 15.1. The maximum absolute atomic E-state index is 12.6. The van der Waals surface area contributed by atoms with Crippen LogP contribution in [0.25, 0.3) is 0 Å². The summed E-state index contributed by atoms with van der Waals surface area (Å²) in [7, 11) is 0. The van der Waals surface area contributed by atoms with E-state index in [1.165, 1.54) is 4.90 Å². The lowest BCUT2D eigenvalue weighted by Gasteiger charge is -2.29. The van der Waals surface area contributed by atoms with Gasteiger partial charge in [0.05, 0.1) is 17.8 Å². The molecule has 2 aliphatic rings. The molecule has 0 fully saturated rings. The third-order valence-electron chi connectivity index (χ3n) is 3.86. The highest BCUT2D eigenvalue weighted by molar-refractivity contribution is 6.10. The van der Waals surface area contributed by atoms with Crippen molar-refractivity contribution in [1.82, 2.24) is 0 Å². The average molecular weight is 310 g/mol. The number of rotatable bonds is 2. The van der Waals surface area contributed by atoms with Gasteiger partial charge in [-0.25, -0.2) is 0 Å². The molecule has 0 radical (unpaired) electrons. The number of fused-ring (bicyclic) bond motifs is 2. The van der Waals surface area contributed by atoms with Crippen molar-refractivity contribution in [1.29, 1.82) is 0 Å². The Kier molecular flexibility index (Phi) is 3.15. The Morgan fingerprint density at radius 2 is 1.96 bits per heavy atom. The summed E-state index contributed by atoms with van der Waals surface area (Å²) in [5.41, 5.74) is 2.20. The molecular formula is C17H14N2O4. The zero-order valence-electron chi connectivity index (χ0n) is 12.2. The molecule has 116 valence electrons. The first-order chi connectivity index (χ1) is 11.2. The minimum atomic E-state index is -0.192. The highest BCUT2D eigenvalue weighted by Crippen LogP contribution is 2.33. The molecule has 6 nitrogen and oxygen atoms in total. The fourth-order valence-corrected chi connectivity index (χ4v) is 2.78. The van der Waals surface area contributed by atoms with Gasteiger partial charge >= 0.3 is 0 Å². The second-order valence-electron chi connectivity index (χ2n) is 5.41. The van der Waals surface area contributed by atoms with Crippen LogP contribution >= 0.6 is 0 Å². The Morgan fingerprint density at radius 3 is 2.87 bits per heavy atom. The van der Waals surface area contributed by atoms with Crippen molar-refractivity contribution < 1.29 is 19.1 Å². The Morgan fingerprint density at radius 1 is 1.13 bits per heavy atom. The second-order valence-corrected chi connectivity index (χ2v) is 5.41. The summed E-state index contributed by atoms with van der Waals surface area (Å²) in [6.45, 7) is 0.229. The van der Waals surface area contributed by atoms with E-state index in [2.05, 4.69) is 5.32 Å². The van der Waals surface area contributed by atoms with Gasteiger partial charge in [-0.2, -0.15) is 0 Å². The summed E-state index contributed by atoms with van der Waals surface area (Å²) in [6.07, 6.45) is 0.193. The molecule has 0 atom stereocenters. The van der Waals surface area contributed by atoms with E-state index in [4.69, 9.17) is 9.47 Å². The topological polar surface area (TPSA) is 67.9 Å². The number of nitrogens with zero attached hydrogens (tertiary/aromatic N) is 1. The van der Waals surface area contributed by atoms with E-state index >= 15 is 0 Å². The van der Waals surface area contributed by atoms with E-state index in [9.17, 15) is 9.59 Å². The minimum Gasteiger partial charge on any atom is -0.454 e. The second kappa shape index (κ2) is 5.31. The van der Waals surface area contributed by atoms with Gasteiger partial charge in [0, 0.05) is 0 Å². The van der Waals surface area contributed by atoms with Gasteiger partial charge in [0.2, 0.25) is 18.6 Å². The van der Waals surface area contributed by atoms with Crippen molar-refractivity contribution in [2.45, 2.75) is 6.42 Å². The molecule has 0 unspecified atom stereocenters. The Balaban J connectivity index is 1.59. The molecular weight excluding hydrogens is 296 g/mol. The third-order valence-corrected chi connectivity index (χ3v) is 3.86. The summed E-state index contributed by atoms with van der Waals surface area (Å²) in [5, 5.41) is 2.77. The Labute approximate surface area is 132 Å². The van der Waals surface area contributed by atoms with Crippen LogP contribution in [0.15, 0.2) is 42.5 Å². The smallest absolute Gasteiger partial charge is 0.244 e. The third kappa shape index (κ3) is 2.48. The SMILES string of the molecule is O=C1CN(C(=O)Cc2ccc3c(c2)OCO3)c2ccccc2N1. The number of benzene rings is 2. The number of hydrogen-bond acceptors (Lipinski definition) is 4. The fraction of sp³-hybridized carbons (Fsp3) is 0.176. The molecule has 0 aliphatic carbocycles. The molecule has 0 saturated heterocycles. The molecule has 6 heteroatoms. The predicted octanol–water partition coefficient (Wildman–Crippen LogP) is 1.94. The van der Waals surface area contributed by atoms with E-state index in [0.29, 0.717) is 17.2 Å². The molecule has 2 aromatic carbocycles. The number of ether oxygens (including phenoxy) is 2. The van der Waals surface area contributed by atoms with Crippen molar-refractivity contribution in [2.24, 2.45) is 0 Å². The van der Waals surface area contributed by atoms with E-state index in [-0.39, 0.29) is 31.6 Å². The molecule has 0 saturated carbocycles. The van der Waals surface area contributed by atoms with Crippen LogP contribution in [0.2, 0.25) is 0 Å². The lowest BCUT2D eigenvalue weighted by molar-refractivity contribution is -0.121. The largest absolute Gasteiger partial charge is 0.454 e. The predicted molar refractivity (Wildman–Crippen MR) is 83.7 cm³/mol. The average Bonchev–Trinajstić information content (AvgIpc) is 3.01. The van der Waals surface area contributed by atoms with Crippen LogP contribution in [0.5, 0.6) is 11.5 Å². The number of para-hydroxylation sites is 2. The van der Waals surface area contributed by atoms with Gasteiger partial charge in [-0.15, -0.1) is 0 Å². The molecule has 2 aliphatic heterocycles. The number of carbonyl (C=O) groups is 2. The van der Waals surface area contributed by atoms with Crippen LogP contribution in [0, 0.1) is 0 Å². The summed E-state index contributed by atoms with van der Waals surface area (Å²) in [6, 6.07) is 12.7. The number of carbonyl (C=O) groups excluding carboxylic acids is 2. The number of nitrogens with one attached hydrogen (secondary N) is 1. The highest BCUT2D eigenvalue weighted by atomic mass is 16.7. The van der Waals surface area contributed by atoms with Crippen LogP contribution in [0.4, 0.5) is 11.4 Å². The van der Waals surface area contributed by atoms with E-state index < -0.39 is 0 Å². The van der Waals surface area contributed by atoms with Crippen LogP contribution in [-0.2, 0) is 16.0 Å². The van der Waals surface area contributed by atoms with Gasteiger partial charge in [-0.1, -0.05) is 18.2 Å². The van der Waals surface area contributed by atoms with Crippen molar-refractivity contribution in [3.63, 3.8) is 0 Å². The minimum absolute atomic E-state index is 0.0282. The maximum Gasteiger partial charge on any atom is 0.244 e. The van der Waals surface area contributed by atoms with Crippen LogP contribution in [-0.4, -0.2) is 25.2 Å². The molecule has 0 bridgehead atoms. The van der Waals surface area contributed by atoms with Gasteiger partial charge in [-0.3, -0.25) is 9.59 Å². The van der Waals surface area contributed by atoms with Gasteiger partial charge in [0.15, 0.2) is 11.5 Å².